The quantitative estimate of drug-likeness (QED) is 0.666. The number of nitrogens with one attached hydrogen (secondary N) is 1. The van der Waals surface area contributed by atoms with Crippen LogP contribution in [-0.2, 0) is 9.53 Å². The van der Waals surface area contributed by atoms with E-state index in [1.807, 2.05) is 43.3 Å². The lowest BCUT2D eigenvalue weighted by molar-refractivity contribution is -0.115. The lowest BCUT2D eigenvalue weighted by atomic mass is 10.2. The SMILES string of the molecule is CC1Sc2ccc(C(=O)OCCOc3ccccc3)cc2NC1=O. The second-order valence-corrected chi connectivity index (χ2v) is 6.64. The first-order valence-corrected chi connectivity index (χ1v) is 8.48. The minimum absolute atomic E-state index is 0.0609. The van der Waals surface area contributed by atoms with E-state index in [4.69, 9.17) is 9.47 Å². The van der Waals surface area contributed by atoms with Gasteiger partial charge in [0.15, 0.2) is 0 Å². The summed E-state index contributed by atoms with van der Waals surface area (Å²) in [7, 11) is 0. The average molecular weight is 343 g/mol. The van der Waals surface area contributed by atoms with Gasteiger partial charge in [0.25, 0.3) is 0 Å². The fourth-order valence-electron chi connectivity index (χ4n) is 2.23. The highest BCUT2D eigenvalue weighted by molar-refractivity contribution is 8.00. The van der Waals surface area contributed by atoms with Crippen LogP contribution in [0, 0.1) is 0 Å². The maximum atomic E-state index is 12.1. The standard InChI is InChI=1S/C18H17NO4S/c1-12-17(20)19-15-11-13(7-8-16(15)24-12)18(21)23-10-9-22-14-5-3-2-4-6-14/h2-8,11-12H,9-10H2,1H3,(H,19,20). The van der Waals surface area contributed by atoms with Gasteiger partial charge < -0.3 is 14.8 Å². The number of ether oxygens (including phenoxy) is 2. The van der Waals surface area contributed by atoms with Gasteiger partial charge in [-0.1, -0.05) is 18.2 Å². The number of carbonyl (C=O) groups excluding carboxylic acids is 2. The van der Waals surface area contributed by atoms with E-state index in [2.05, 4.69) is 5.32 Å². The van der Waals surface area contributed by atoms with Crippen molar-refractivity contribution < 1.29 is 19.1 Å². The Morgan fingerprint density at radius 2 is 1.96 bits per heavy atom. The van der Waals surface area contributed by atoms with Crippen LogP contribution in [-0.4, -0.2) is 30.3 Å². The fraction of sp³-hybridized carbons (Fsp3) is 0.222. The van der Waals surface area contributed by atoms with Crippen LogP contribution in [0.25, 0.3) is 0 Å². The molecule has 6 heteroatoms. The van der Waals surface area contributed by atoms with Crippen molar-refractivity contribution in [3.8, 4) is 5.75 Å². The predicted octanol–water partition coefficient (Wildman–Crippen LogP) is 3.36. The van der Waals surface area contributed by atoms with Crippen LogP contribution in [0.2, 0.25) is 0 Å². The highest BCUT2D eigenvalue weighted by atomic mass is 32.2. The van der Waals surface area contributed by atoms with Gasteiger partial charge in [-0.2, -0.15) is 0 Å². The molecule has 2 aromatic rings. The first kappa shape index (κ1) is 16.4. The molecule has 3 rings (SSSR count). The number of para-hydroxylation sites is 1. The van der Waals surface area contributed by atoms with Crippen LogP contribution >= 0.6 is 11.8 Å². The highest BCUT2D eigenvalue weighted by Crippen LogP contribution is 2.35. The summed E-state index contributed by atoms with van der Waals surface area (Å²) in [4.78, 5) is 24.8. The van der Waals surface area contributed by atoms with Gasteiger partial charge in [0, 0.05) is 4.90 Å². The number of rotatable bonds is 5. The zero-order valence-electron chi connectivity index (χ0n) is 13.2. The van der Waals surface area contributed by atoms with E-state index in [1.54, 1.807) is 12.1 Å². The first-order chi connectivity index (χ1) is 11.6. The summed E-state index contributed by atoms with van der Waals surface area (Å²) in [5.74, 6) is 0.234. The summed E-state index contributed by atoms with van der Waals surface area (Å²) in [5, 5.41) is 2.67. The Bertz CT molecular complexity index is 748. The molecule has 1 N–H and O–H groups in total. The van der Waals surface area contributed by atoms with Crippen LogP contribution in [0.5, 0.6) is 5.75 Å². The van der Waals surface area contributed by atoms with E-state index in [-0.39, 0.29) is 24.4 Å². The number of hydrogen-bond donors (Lipinski definition) is 1. The lowest BCUT2D eigenvalue weighted by Gasteiger charge is -2.21. The summed E-state index contributed by atoms with van der Waals surface area (Å²) in [5.41, 5.74) is 1.06. The predicted molar refractivity (Wildman–Crippen MR) is 92.6 cm³/mol. The van der Waals surface area contributed by atoms with Gasteiger partial charge >= 0.3 is 5.97 Å². The number of esters is 1. The second kappa shape index (κ2) is 7.40. The molecule has 0 aromatic heterocycles. The molecule has 5 nitrogen and oxygen atoms in total. The van der Waals surface area contributed by atoms with Gasteiger partial charge in [-0.05, 0) is 37.3 Å². The summed E-state index contributed by atoms with van der Waals surface area (Å²) < 4.78 is 10.7. The first-order valence-electron chi connectivity index (χ1n) is 7.60. The normalized spacial score (nSPS) is 16.0. The van der Waals surface area contributed by atoms with Gasteiger partial charge in [-0.3, -0.25) is 4.79 Å². The van der Waals surface area contributed by atoms with Crippen molar-refractivity contribution in [2.75, 3.05) is 18.5 Å². The van der Waals surface area contributed by atoms with Gasteiger partial charge in [0.1, 0.15) is 19.0 Å². The zero-order chi connectivity index (χ0) is 16.9. The third-order valence-corrected chi connectivity index (χ3v) is 4.65. The van der Waals surface area contributed by atoms with Gasteiger partial charge in [0.05, 0.1) is 16.5 Å². The molecule has 1 unspecified atom stereocenters. The van der Waals surface area contributed by atoms with Crippen LogP contribution in [0.1, 0.15) is 17.3 Å². The number of fused-ring (bicyclic) bond motifs is 1. The van der Waals surface area contributed by atoms with E-state index in [1.165, 1.54) is 11.8 Å². The number of anilines is 1. The highest BCUT2D eigenvalue weighted by Gasteiger charge is 2.23. The van der Waals surface area contributed by atoms with Gasteiger partial charge in [-0.25, -0.2) is 4.79 Å². The van der Waals surface area contributed by atoms with Crippen molar-refractivity contribution in [2.24, 2.45) is 0 Å². The Balaban J connectivity index is 1.54. The van der Waals surface area contributed by atoms with E-state index in [9.17, 15) is 9.59 Å². The Labute approximate surface area is 144 Å². The average Bonchev–Trinajstić information content (AvgIpc) is 2.60. The Hall–Kier alpha value is -2.47. The van der Waals surface area contributed by atoms with Crippen molar-refractivity contribution in [1.29, 1.82) is 0 Å². The van der Waals surface area contributed by atoms with Crippen LogP contribution < -0.4 is 10.1 Å². The monoisotopic (exact) mass is 343 g/mol. The minimum Gasteiger partial charge on any atom is -0.490 e. The molecule has 124 valence electrons. The molecule has 0 radical (unpaired) electrons. The molecule has 1 atom stereocenters. The minimum atomic E-state index is -0.438. The lowest BCUT2D eigenvalue weighted by Crippen LogP contribution is -2.26. The van der Waals surface area contributed by atoms with Crippen LogP contribution in [0.15, 0.2) is 53.4 Å². The fourth-order valence-corrected chi connectivity index (χ4v) is 3.16. The summed E-state index contributed by atoms with van der Waals surface area (Å²) in [6.45, 7) is 2.28. The summed E-state index contributed by atoms with van der Waals surface area (Å²) in [6, 6.07) is 14.5. The second-order valence-electron chi connectivity index (χ2n) is 5.26. The van der Waals surface area contributed by atoms with Crippen molar-refractivity contribution in [1.82, 2.24) is 0 Å². The van der Waals surface area contributed by atoms with Crippen LogP contribution in [0.3, 0.4) is 0 Å². The molecule has 1 heterocycles. The van der Waals surface area contributed by atoms with Crippen LogP contribution in [0.4, 0.5) is 5.69 Å². The van der Waals surface area contributed by atoms with E-state index in [0.717, 1.165) is 10.6 Å². The molecule has 1 aliphatic rings. The molecule has 1 aliphatic heterocycles. The smallest absolute Gasteiger partial charge is 0.338 e. The Morgan fingerprint density at radius 3 is 2.75 bits per heavy atom. The maximum Gasteiger partial charge on any atom is 0.338 e. The molecule has 24 heavy (non-hydrogen) atoms. The summed E-state index contributed by atoms with van der Waals surface area (Å²) in [6.07, 6.45) is 0. The van der Waals surface area contributed by atoms with Gasteiger partial charge in [0.2, 0.25) is 5.91 Å². The number of carbonyl (C=O) groups is 2. The summed E-state index contributed by atoms with van der Waals surface area (Å²) >= 11 is 1.48. The molecular weight excluding hydrogens is 326 g/mol. The Morgan fingerprint density at radius 1 is 1.17 bits per heavy atom. The molecule has 1 amide bonds. The zero-order valence-corrected chi connectivity index (χ0v) is 14.0. The van der Waals surface area contributed by atoms with E-state index < -0.39 is 5.97 Å². The molecule has 0 bridgehead atoms. The van der Waals surface area contributed by atoms with Crippen molar-refractivity contribution >= 4 is 29.3 Å². The van der Waals surface area contributed by atoms with Crippen molar-refractivity contribution in [3.05, 3.63) is 54.1 Å². The third kappa shape index (κ3) is 3.89. The van der Waals surface area contributed by atoms with E-state index in [0.29, 0.717) is 11.3 Å². The molecular formula is C18H17NO4S. The number of amides is 1. The van der Waals surface area contributed by atoms with Gasteiger partial charge in [-0.15, -0.1) is 11.8 Å². The molecule has 0 saturated carbocycles. The topological polar surface area (TPSA) is 64.6 Å². The number of benzene rings is 2. The van der Waals surface area contributed by atoms with Crippen molar-refractivity contribution in [2.45, 2.75) is 17.1 Å². The largest absolute Gasteiger partial charge is 0.490 e. The molecule has 2 aromatic carbocycles. The number of hydrogen-bond acceptors (Lipinski definition) is 5. The van der Waals surface area contributed by atoms with Crippen molar-refractivity contribution in [3.63, 3.8) is 0 Å². The van der Waals surface area contributed by atoms with E-state index >= 15 is 0 Å². The number of thioether (sulfide) groups is 1. The molecule has 0 saturated heterocycles. The molecule has 0 aliphatic carbocycles. The maximum absolute atomic E-state index is 12.1. The third-order valence-electron chi connectivity index (χ3n) is 3.47. The Kier molecular flexibility index (Phi) is 5.05. The molecule has 0 fully saturated rings. The molecule has 0 spiro atoms.